The Bertz CT molecular complexity index is 916. The summed E-state index contributed by atoms with van der Waals surface area (Å²) in [6, 6.07) is 5.41. The van der Waals surface area contributed by atoms with E-state index in [9.17, 15) is 4.79 Å². The molecule has 0 unspecified atom stereocenters. The number of aromatic amines is 1. The molecule has 1 fully saturated rings. The maximum atomic E-state index is 12.4. The average Bonchev–Trinajstić information content (AvgIpc) is 3.38. The number of nitrogens with one attached hydrogen (secondary N) is 3. The van der Waals surface area contributed by atoms with E-state index in [-0.39, 0.29) is 5.91 Å². The van der Waals surface area contributed by atoms with Crippen molar-refractivity contribution in [3.05, 3.63) is 41.7 Å². The molecule has 4 rings (SSSR count). The molecular weight excluding hydrogens is 318 g/mol. The maximum Gasteiger partial charge on any atom is 0.251 e. The number of H-pyrrole nitrogens is 1. The average molecular weight is 337 g/mol. The first-order chi connectivity index (χ1) is 12.2. The standard InChI is InChI=1S/C17H19N7O/c1-2-18-16-12-6-5-11(7-13(12)20-9-21-16)17(25)19-8-14-22-15(24-23-14)10-3-4-10/h5-7,9-10H,2-4,8H2,1H3,(H,19,25)(H,18,20,21)(H,22,23,24). The SMILES string of the molecule is CCNc1ncnc2cc(C(=O)NCc3nc(C4CC4)n[nH]3)ccc12. The first-order valence-corrected chi connectivity index (χ1v) is 8.42. The molecule has 3 aromatic rings. The number of aromatic nitrogens is 5. The lowest BCUT2D eigenvalue weighted by atomic mass is 10.1. The molecule has 8 heteroatoms. The van der Waals surface area contributed by atoms with Gasteiger partial charge in [-0.1, -0.05) is 0 Å². The van der Waals surface area contributed by atoms with Gasteiger partial charge in [0.05, 0.1) is 12.1 Å². The molecule has 0 spiro atoms. The van der Waals surface area contributed by atoms with Crippen molar-refractivity contribution in [2.24, 2.45) is 0 Å². The molecule has 2 heterocycles. The van der Waals surface area contributed by atoms with Crippen molar-refractivity contribution in [3.8, 4) is 0 Å². The summed E-state index contributed by atoms with van der Waals surface area (Å²) in [7, 11) is 0. The van der Waals surface area contributed by atoms with Crippen LogP contribution in [0.25, 0.3) is 10.9 Å². The monoisotopic (exact) mass is 337 g/mol. The van der Waals surface area contributed by atoms with Crippen molar-refractivity contribution in [3.63, 3.8) is 0 Å². The number of hydrogen-bond donors (Lipinski definition) is 3. The number of anilines is 1. The molecule has 2 aromatic heterocycles. The van der Waals surface area contributed by atoms with Gasteiger partial charge in [0.1, 0.15) is 18.0 Å². The van der Waals surface area contributed by atoms with Crippen LogP contribution >= 0.6 is 0 Å². The Morgan fingerprint density at radius 2 is 2.20 bits per heavy atom. The Labute approximate surface area is 144 Å². The molecule has 0 bridgehead atoms. The van der Waals surface area contributed by atoms with E-state index in [4.69, 9.17) is 0 Å². The van der Waals surface area contributed by atoms with Gasteiger partial charge in [0.2, 0.25) is 0 Å². The molecule has 0 aliphatic heterocycles. The summed E-state index contributed by atoms with van der Waals surface area (Å²) >= 11 is 0. The van der Waals surface area contributed by atoms with E-state index in [1.165, 1.54) is 6.33 Å². The lowest BCUT2D eigenvalue weighted by Gasteiger charge is -2.08. The molecule has 0 radical (unpaired) electrons. The predicted molar refractivity (Wildman–Crippen MR) is 93.2 cm³/mol. The van der Waals surface area contributed by atoms with Crippen LogP contribution in [0.15, 0.2) is 24.5 Å². The number of hydrogen-bond acceptors (Lipinski definition) is 6. The molecule has 1 aromatic carbocycles. The van der Waals surface area contributed by atoms with E-state index in [0.29, 0.717) is 23.9 Å². The molecular formula is C17H19N7O. The third kappa shape index (κ3) is 3.28. The Hall–Kier alpha value is -3.03. The van der Waals surface area contributed by atoms with Crippen molar-refractivity contribution in [2.45, 2.75) is 32.2 Å². The Morgan fingerprint density at radius 1 is 1.32 bits per heavy atom. The van der Waals surface area contributed by atoms with Gasteiger partial charge in [-0.2, -0.15) is 5.10 Å². The van der Waals surface area contributed by atoms with Gasteiger partial charge in [-0.25, -0.2) is 15.0 Å². The lowest BCUT2D eigenvalue weighted by Crippen LogP contribution is -2.23. The minimum Gasteiger partial charge on any atom is -0.370 e. The Balaban J connectivity index is 1.47. The normalized spacial score (nSPS) is 13.8. The van der Waals surface area contributed by atoms with Gasteiger partial charge >= 0.3 is 0 Å². The minimum atomic E-state index is -0.171. The third-order valence-electron chi connectivity index (χ3n) is 4.15. The molecule has 3 N–H and O–H groups in total. The van der Waals surface area contributed by atoms with Crippen LogP contribution in [-0.2, 0) is 6.54 Å². The fourth-order valence-electron chi connectivity index (χ4n) is 2.69. The predicted octanol–water partition coefficient (Wildman–Crippen LogP) is 1.99. The maximum absolute atomic E-state index is 12.4. The second-order valence-electron chi connectivity index (χ2n) is 6.08. The van der Waals surface area contributed by atoms with Crippen molar-refractivity contribution in [1.29, 1.82) is 0 Å². The zero-order chi connectivity index (χ0) is 17.2. The number of carbonyl (C=O) groups excluding carboxylic acids is 1. The molecule has 0 saturated heterocycles. The van der Waals surface area contributed by atoms with E-state index in [2.05, 4.69) is 35.8 Å². The van der Waals surface area contributed by atoms with Crippen molar-refractivity contribution >= 4 is 22.6 Å². The quantitative estimate of drug-likeness (QED) is 0.635. The Morgan fingerprint density at radius 3 is 3.00 bits per heavy atom. The summed E-state index contributed by atoms with van der Waals surface area (Å²) in [6.45, 7) is 3.10. The van der Waals surface area contributed by atoms with Crippen molar-refractivity contribution in [1.82, 2.24) is 30.5 Å². The fraction of sp³-hybridized carbons (Fsp3) is 0.353. The van der Waals surface area contributed by atoms with Gasteiger partial charge in [-0.3, -0.25) is 9.89 Å². The van der Waals surface area contributed by atoms with Gasteiger partial charge in [0, 0.05) is 23.4 Å². The molecule has 8 nitrogen and oxygen atoms in total. The molecule has 1 aliphatic rings. The van der Waals surface area contributed by atoms with Gasteiger partial charge in [0.25, 0.3) is 5.91 Å². The number of benzene rings is 1. The fourth-order valence-corrected chi connectivity index (χ4v) is 2.69. The number of amides is 1. The zero-order valence-electron chi connectivity index (χ0n) is 13.9. The van der Waals surface area contributed by atoms with Crippen LogP contribution in [-0.4, -0.2) is 37.6 Å². The number of nitrogens with zero attached hydrogens (tertiary/aromatic N) is 4. The summed E-state index contributed by atoms with van der Waals surface area (Å²) in [4.78, 5) is 25.3. The highest BCUT2D eigenvalue weighted by molar-refractivity contribution is 5.99. The first-order valence-electron chi connectivity index (χ1n) is 8.42. The van der Waals surface area contributed by atoms with Gasteiger partial charge < -0.3 is 10.6 Å². The van der Waals surface area contributed by atoms with Crippen LogP contribution < -0.4 is 10.6 Å². The summed E-state index contributed by atoms with van der Waals surface area (Å²) < 4.78 is 0. The molecule has 1 amide bonds. The van der Waals surface area contributed by atoms with Crippen molar-refractivity contribution in [2.75, 3.05) is 11.9 Å². The van der Waals surface area contributed by atoms with Gasteiger partial charge in [-0.15, -0.1) is 0 Å². The van der Waals surface area contributed by atoms with Crippen LogP contribution in [0.1, 0.15) is 47.7 Å². The Kier molecular flexibility index (Phi) is 4.01. The van der Waals surface area contributed by atoms with Gasteiger partial charge in [-0.05, 0) is 38.0 Å². The summed E-state index contributed by atoms with van der Waals surface area (Å²) in [5.41, 5.74) is 1.28. The van der Waals surface area contributed by atoms with E-state index in [0.717, 1.165) is 41.9 Å². The van der Waals surface area contributed by atoms with E-state index < -0.39 is 0 Å². The number of rotatable bonds is 6. The highest BCUT2D eigenvalue weighted by Gasteiger charge is 2.27. The van der Waals surface area contributed by atoms with Crippen molar-refractivity contribution < 1.29 is 4.79 Å². The van der Waals surface area contributed by atoms with Gasteiger partial charge in [0.15, 0.2) is 5.82 Å². The number of fused-ring (bicyclic) bond motifs is 1. The van der Waals surface area contributed by atoms with Crippen LogP contribution in [0.5, 0.6) is 0 Å². The van der Waals surface area contributed by atoms with Crippen LogP contribution in [0.2, 0.25) is 0 Å². The molecule has 128 valence electrons. The highest BCUT2D eigenvalue weighted by atomic mass is 16.1. The first kappa shape index (κ1) is 15.5. The second kappa shape index (κ2) is 6.46. The van der Waals surface area contributed by atoms with Crippen LogP contribution in [0, 0.1) is 0 Å². The zero-order valence-corrected chi connectivity index (χ0v) is 13.9. The smallest absolute Gasteiger partial charge is 0.251 e. The molecule has 1 saturated carbocycles. The number of carbonyl (C=O) groups is 1. The summed E-state index contributed by atoms with van der Waals surface area (Å²) in [6.07, 6.45) is 3.80. The summed E-state index contributed by atoms with van der Waals surface area (Å²) in [5.74, 6) is 2.62. The minimum absolute atomic E-state index is 0.171. The van der Waals surface area contributed by atoms with E-state index in [1.807, 2.05) is 13.0 Å². The van der Waals surface area contributed by atoms with Crippen LogP contribution in [0.3, 0.4) is 0 Å². The van der Waals surface area contributed by atoms with E-state index >= 15 is 0 Å². The largest absolute Gasteiger partial charge is 0.370 e. The molecule has 1 aliphatic carbocycles. The van der Waals surface area contributed by atoms with E-state index in [1.54, 1.807) is 12.1 Å². The molecule has 25 heavy (non-hydrogen) atoms. The van der Waals surface area contributed by atoms with Crippen LogP contribution in [0.4, 0.5) is 5.82 Å². The molecule has 0 atom stereocenters. The second-order valence-corrected chi connectivity index (χ2v) is 6.08. The summed E-state index contributed by atoms with van der Waals surface area (Å²) in [5, 5.41) is 14.0. The topological polar surface area (TPSA) is 108 Å². The third-order valence-corrected chi connectivity index (χ3v) is 4.15. The highest BCUT2D eigenvalue weighted by Crippen LogP contribution is 2.37. The lowest BCUT2D eigenvalue weighted by molar-refractivity contribution is 0.0950.